The molecule has 1 aromatic carbocycles. The lowest BCUT2D eigenvalue weighted by molar-refractivity contribution is 0.104. The number of nitrogens with zero attached hydrogens (tertiary/aromatic N) is 1. The summed E-state index contributed by atoms with van der Waals surface area (Å²) in [6.45, 7) is 0. The normalized spacial score (nSPS) is 13.6. The third-order valence-corrected chi connectivity index (χ3v) is 7.75. The Hall–Kier alpha value is -2.02. The molecular formula is C22H17BrN2OS2. The van der Waals surface area contributed by atoms with E-state index < -0.39 is 0 Å². The Labute approximate surface area is 179 Å². The van der Waals surface area contributed by atoms with Gasteiger partial charge in [-0.1, -0.05) is 22.0 Å². The van der Waals surface area contributed by atoms with Crippen LogP contribution in [-0.2, 0) is 12.8 Å². The van der Waals surface area contributed by atoms with Gasteiger partial charge < -0.3 is 5.73 Å². The van der Waals surface area contributed by atoms with Crippen LogP contribution in [0.25, 0.3) is 20.7 Å². The van der Waals surface area contributed by atoms with Gasteiger partial charge in [0.2, 0.25) is 5.78 Å². The van der Waals surface area contributed by atoms with E-state index in [1.807, 2.05) is 24.3 Å². The standard InChI is InChI=1S/C22H17BrN2OS2/c23-13-9-7-12(8-10-13)20(26)21-19(24)18-17(16-6-3-11-27-16)14-4-1-2-5-15(14)25-22(18)28-21/h3,6-11H,1-2,4-5,24H2. The van der Waals surface area contributed by atoms with Gasteiger partial charge in [-0.25, -0.2) is 4.98 Å². The second-order valence-corrected chi connectivity index (χ2v) is 9.82. The van der Waals surface area contributed by atoms with Gasteiger partial charge in [0, 0.05) is 31.6 Å². The van der Waals surface area contributed by atoms with E-state index in [9.17, 15) is 4.79 Å². The van der Waals surface area contributed by atoms with E-state index >= 15 is 0 Å². The van der Waals surface area contributed by atoms with E-state index in [2.05, 4.69) is 33.4 Å². The van der Waals surface area contributed by atoms with Crippen LogP contribution in [0.3, 0.4) is 0 Å². The number of carbonyl (C=O) groups is 1. The Morgan fingerprint density at radius 2 is 1.89 bits per heavy atom. The lowest BCUT2D eigenvalue weighted by Crippen LogP contribution is -2.07. The number of hydrogen-bond acceptors (Lipinski definition) is 5. The molecule has 5 rings (SSSR count). The number of rotatable bonds is 3. The van der Waals surface area contributed by atoms with Gasteiger partial charge in [0.1, 0.15) is 9.71 Å². The molecule has 0 amide bonds. The number of halogens is 1. The Kier molecular flexibility index (Phi) is 4.57. The smallest absolute Gasteiger partial charge is 0.205 e. The topological polar surface area (TPSA) is 56.0 Å². The molecule has 3 aromatic heterocycles. The molecule has 6 heteroatoms. The molecule has 3 nitrogen and oxygen atoms in total. The van der Waals surface area contributed by atoms with Crippen molar-refractivity contribution in [2.24, 2.45) is 0 Å². The van der Waals surface area contributed by atoms with Gasteiger partial charge in [-0.05, 0) is 67.0 Å². The number of pyridine rings is 1. The van der Waals surface area contributed by atoms with Crippen molar-refractivity contribution in [3.63, 3.8) is 0 Å². The SMILES string of the molecule is Nc1c(C(=O)c2ccc(Br)cc2)sc2nc3c(c(-c4cccs4)c12)CCCC3. The molecular weight excluding hydrogens is 452 g/mol. The molecule has 3 heterocycles. The summed E-state index contributed by atoms with van der Waals surface area (Å²) in [6, 6.07) is 11.6. The Bertz CT molecular complexity index is 1190. The van der Waals surface area contributed by atoms with Crippen LogP contribution in [0.5, 0.6) is 0 Å². The highest BCUT2D eigenvalue weighted by atomic mass is 79.9. The molecule has 1 aliphatic carbocycles. The minimum Gasteiger partial charge on any atom is -0.397 e. The monoisotopic (exact) mass is 468 g/mol. The molecule has 140 valence electrons. The maximum absolute atomic E-state index is 13.2. The summed E-state index contributed by atoms with van der Waals surface area (Å²) in [7, 11) is 0. The first-order valence-electron chi connectivity index (χ1n) is 9.21. The number of carbonyl (C=O) groups excluding carboxylic acids is 1. The van der Waals surface area contributed by atoms with Gasteiger partial charge in [0.25, 0.3) is 0 Å². The van der Waals surface area contributed by atoms with E-state index in [0.717, 1.165) is 27.5 Å². The van der Waals surface area contributed by atoms with Crippen molar-refractivity contribution < 1.29 is 4.79 Å². The average molecular weight is 469 g/mol. The van der Waals surface area contributed by atoms with Crippen molar-refractivity contribution in [2.45, 2.75) is 25.7 Å². The quantitative estimate of drug-likeness (QED) is 0.350. The Morgan fingerprint density at radius 3 is 2.64 bits per heavy atom. The van der Waals surface area contributed by atoms with E-state index in [1.165, 1.54) is 45.9 Å². The van der Waals surface area contributed by atoms with E-state index in [-0.39, 0.29) is 5.78 Å². The fourth-order valence-corrected chi connectivity index (χ4v) is 6.06. The summed E-state index contributed by atoms with van der Waals surface area (Å²) in [4.78, 5) is 20.8. The summed E-state index contributed by atoms with van der Waals surface area (Å²) >= 11 is 6.56. The first-order chi connectivity index (χ1) is 13.6. The minimum atomic E-state index is -0.0388. The Balaban J connectivity index is 1.76. The zero-order chi connectivity index (χ0) is 19.3. The molecule has 0 bridgehead atoms. The van der Waals surface area contributed by atoms with Crippen LogP contribution in [0, 0.1) is 0 Å². The van der Waals surface area contributed by atoms with Crippen LogP contribution in [0.1, 0.15) is 39.3 Å². The lowest BCUT2D eigenvalue weighted by Gasteiger charge is -2.19. The molecule has 0 saturated carbocycles. The van der Waals surface area contributed by atoms with E-state index in [0.29, 0.717) is 16.1 Å². The lowest BCUT2D eigenvalue weighted by atomic mass is 9.90. The number of anilines is 1. The van der Waals surface area contributed by atoms with Crippen LogP contribution in [0.4, 0.5) is 5.69 Å². The number of hydrogen-bond donors (Lipinski definition) is 1. The third kappa shape index (κ3) is 2.91. The molecule has 2 N–H and O–H groups in total. The number of thiophene rings is 2. The summed E-state index contributed by atoms with van der Waals surface area (Å²) in [5.74, 6) is -0.0388. The summed E-state index contributed by atoms with van der Waals surface area (Å²) in [5.41, 5.74) is 11.5. The highest BCUT2D eigenvalue weighted by molar-refractivity contribution is 9.10. The molecule has 0 saturated heterocycles. The number of fused-ring (bicyclic) bond motifs is 2. The predicted molar refractivity (Wildman–Crippen MR) is 122 cm³/mol. The second-order valence-electron chi connectivity index (χ2n) is 6.96. The van der Waals surface area contributed by atoms with Gasteiger partial charge in [0.05, 0.1) is 5.69 Å². The number of benzene rings is 1. The molecule has 0 fully saturated rings. The van der Waals surface area contributed by atoms with Crippen molar-refractivity contribution >= 4 is 60.3 Å². The number of nitrogens with two attached hydrogens (primary N) is 1. The molecule has 0 unspecified atom stereocenters. The fraction of sp³-hybridized carbons (Fsp3) is 0.182. The van der Waals surface area contributed by atoms with Crippen LogP contribution < -0.4 is 5.73 Å². The van der Waals surface area contributed by atoms with Crippen LogP contribution in [0.2, 0.25) is 0 Å². The third-order valence-electron chi connectivity index (χ3n) is 5.23. The van der Waals surface area contributed by atoms with E-state index in [1.54, 1.807) is 11.3 Å². The second kappa shape index (κ2) is 7.10. The Morgan fingerprint density at radius 1 is 1.11 bits per heavy atom. The van der Waals surface area contributed by atoms with Crippen molar-refractivity contribution in [1.82, 2.24) is 4.98 Å². The largest absolute Gasteiger partial charge is 0.397 e. The van der Waals surface area contributed by atoms with Gasteiger partial charge in [-0.2, -0.15) is 0 Å². The summed E-state index contributed by atoms with van der Waals surface area (Å²) in [5, 5.41) is 3.04. The molecule has 0 radical (unpaired) electrons. The van der Waals surface area contributed by atoms with E-state index in [4.69, 9.17) is 10.7 Å². The zero-order valence-electron chi connectivity index (χ0n) is 15.0. The van der Waals surface area contributed by atoms with Crippen LogP contribution in [0.15, 0.2) is 46.3 Å². The summed E-state index contributed by atoms with van der Waals surface area (Å²) in [6.07, 6.45) is 4.36. The van der Waals surface area contributed by atoms with Crippen molar-refractivity contribution in [3.05, 3.63) is 67.9 Å². The fourth-order valence-electron chi connectivity index (χ4n) is 3.90. The van der Waals surface area contributed by atoms with Gasteiger partial charge >= 0.3 is 0 Å². The molecule has 1 aliphatic rings. The first kappa shape index (κ1) is 18.0. The van der Waals surface area contributed by atoms with Crippen molar-refractivity contribution in [3.8, 4) is 10.4 Å². The highest BCUT2D eigenvalue weighted by Crippen LogP contribution is 2.45. The zero-order valence-corrected chi connectivity index (χ0v) is 18.2. The van der Waals surface area contributed by atoms with Gasteiger partial charge in [-0.15, -0.1) is 22.7 Å². The van der Waals surface area contributed by atoms with Gasteiger partial charge in [0.15, 0.2) is 0 Å². The molecule has 0 spiro atoms. The summed E-state index contributed by atoms with van der Waals surface area (Å²) < 4.78 is 0.947. The molecule has 0 aliphatic heterocycles. The maximum atomic E-state index is 13.2. The average Bonchev–Trinajstić information content (AvgIpc) is 3.35. The predicted octanol–water partition coefficient (Wildman–Crippen LogP) is 6.48. The van der Waals surface area contributed by atoms with Gasteiger partial charge in [-0.3, -0.25) is 4.79 Å². The first-order valence-corrected chi connectivity index (χ1v) is 11.7. The van der Waals surface area contributed by atoms with Crippen molar-refractivity contribution in [1.29, 1.82) is 0 Å². The molecule has 4 aromatic rings. The van der Waals surface area contributed by atoms with Crippen LogP contribution >= 0.6 is 38.6 Å². The van der Waals surface area contributed by atoms with Crippen molar-refractivity contribution in [2.75, 3.05) is 5.73 Å². The number of aromatic nitrogens is 1. The maximum Gasteiger partial charge on any atom is 0.205 e. The minimum absolute atomic E-state index is 0.0388. The number of nitrogen functional groups attached to an aromatic ring is 1. The molecule has 28 heavy (non-hydrogen) atoms. The number of aryl methyl sites for hydroxylation is 1. The molecule has 0 atom stereocenters. The highest BCUT2D eigenvalue weighted by Gasteiger charge is 2.26. The van der Waals surface area contributed by atoms with Crippen LogP contribution in [-0.4, -0.2) is 10.8 Å². The number of ketones is 1.